The minimum Gasteiger partial charge on any atom is -0.850 e. The summed E-state index contributed by atoms with van der Waals surface area (Å²) < 4.78 is 39.6. The summed E-state index contributed by atoms with van der Waals surface area (Å²) in [5.41, 5.74) is 24.8. The van der Waals surface area contributed by atoms with Crippen LogP contribution in [0.15, 0.2) is 55.8 Å². The van der Waals surface area contributed by atoms with E-state index in [1.54, 1.807) is 105 Å². The van der Waals surface area contributed by atoms with Crippen LogP contribution >= 0.6 is 111 Å². The van der Waals surface area contributed by atoms with Gasteiger partial charge in [0, 0.05) is 41.3 Å². The first-order valence-electron chi connectivity index (χ1n) is 29.4. The van der Waals surface area contributed by atoms with Gasteiger partial charge in [0.1, 0.15) is 65.1 Å². The number of methoxy groups -OCH3 is 3. The van der Waals surface area contributed by atoms with Crippen LogP contribution in [0.5, 0.6) is 17.6 Å². The van der Waals surface area contributed by atoms with Crippen molar-refractivity contribution in [3.63, 3.8) is 0 Å². The number of nitrogen functional groups attached to an aromatic ring is 4. The molecule has 7 aromatic heterocycles. The van der Waals surface area contributed by atoms with Gasteiger partial charge in [-0.2, -0.15) is 0 Å². The fourth-order valence-electron chi connectivity index (χ4n) is 5.26. The van der Waals surface area contributed by atoms with Crippen molar-refractivity contribution in [2.75, 3.05) is 51.4 Å². The smallest absolute Gasteiger partial charge is 0.850 e. The molecule has 7 heterocycles. The Morgan fingerprint density at radius 1 is 0.486 bits per heavy atom. The second-order valence-corrected chi connectivity index (χ2v) is 26.5. The van der Waals surface area contributed by atoms with E-state index >= 15 is 0 Å². The molecule has 47 heteroatoms. The van der Waals surface area contributed by atoms with Crippen LogP contribution in [0.3, 0.4) is 0 Å². The van der Waals surface area contributed by atoms with E-state index in [-0.39, 0.29) is 147 Å². The number of nitrogens with zero attached hydrogens (tertiary/aromatic N) is 18. The Morgan fingerprint density at radius 2 is 0.793 bits per heavy atom. The number of aliphatic hydroxyl groups excluding tert-OH is 1. The van der Waals surface area contributed by atoms with Gasteiger partial charge in [-0.3, -0.25) is 24.5 Å². The fraction of sp³-hybridized carbons (Fsp3) is 0.438. The zero-order valence-electron chi connectivity index (χ0n) is 63.3. The zero-order chi connectivity index (χ0) is 84.9. The second-order valence-electron chi connectivity index (χ2n) is 23.6. The number of aromatic nitrogens is 14. The molecular weight excluding hydrogens is 1880 g/mol. The molecule has 11 N–H and O–H groups in total. The van der Waals surface area contributed by atoms with E-state index in [4.69, 9.17) is 156 Å². The Morgan fingerprint density at radius 3 is 1.09 bits per heavy atom. The van der Waals surface area contributed by atoms with E-state index in [1.807, 2.05) is 43.4 Å². The van der Waals surface area contributed by atoms with E-state index in [1.165, 1.54) is 77.1 Å². The first-order valence-corrected chi connectivity index (χ1v) is 35.1. The topological polar surface area (TPSA) is 533 Å². The van der Waals surface area contributed by atoms with Crippen molar-refractivity contribution in [3.8, 4) is 17.6 Å². The SMILES string of the molecule is C.CC(C)(C)OC(=O)OC(=O)OC(C)(C)C.CC(C)(C)[O-].CO.COc1nc(CC(=O)OC(C)(C)C)cnc1CN.ClI.Clc1cncc(Cl)n1.Nc1cnc(I)c(Cl)n1.Nc1cncc(Cl)n1.[C-]#N.[C-]#[N+]c1ncc(CC(=O)OC(C)(C)C)nc1OC.[C-]#[N+]c1ncc(N)nc1Cl.[C-]#[N+]c1ncc(N)nc1OC.[Cu+].[K+]. The summed E-state index contributed by atoms with van der Waals surface area (Å²) in [6.45, 7) is 50.8. The number of carbonyl (C=O) groups is 4. The number of anilines is 4. The third kappa shape index (κ3) is 68.4. The maximum Gasteiger partial charge on any atom is 1.00 e. The summed E-state index contributed by atoms with van der Waals surface area (Å²) in [4.78, 5) is 108. The van der Waals surface area contributed by atoms with Crippen LogP contribution in [0.4, 0.5) is 50.3 Å². The summed E-state index contributed by atoms with van der Waals surface area (Å²) in [5, 5.41) is 24.7. The Kier molecular flexibility index (Phi) is 69.5. The van der Waals surface area contributed by atoms with Crippen LogP contribution in [-0.4, -0.2) is 156 Å². The van der Waals surface area contributed by atoms with Gasteiger partial charge in [0.15, 0.2) is 34.3 Å². The molecule has 0 aromatic carbocycles. The third-order valence-corrected chi connectivity index (χ3v) is 10.7. The number of nitrogens with two attached hydrogens (primary N) is 5. The van der Waals surface area contributed by atoms with Gasteiger partial charge in [0.05, 0.1) is 76.5 Å². The number of ether oxygens (including phenoxy) is 8. The fourth-order valence-corrected chi connectivity index (χ4v) is 6.35. The van der Waals surface area contributed by atoms with Gasteiger partial charge in [0.25, 0.3) is 0 Å². The van der Waals surface area contributed by atoms with Gasteiger partial charge in [-0.05, 0) is 115 Å². The maximum absolute atomic E-state index is 11.6. The Labute approximate surface area is 755 Å². The summed E-state index contributed by atoms with van der Waals surface area (Å²) in [7, 11) is 9.91. The molecule has 37 nitrogen and oxygen atoms in total. The van der Waals surface area contributed by atoms with Crippen molar-refractivity contribution < 1.29 is 136 Å². The Hall–Kier alpha value is -6.96. The van der Waals surface area contributed by atoms with Gasteiger partial charge in [-0.1, -0.05) is 106 Å². The number of carbonyl (C=O) groups excluding carboxylic acids is 4. The number of hydrogen-bond acceptors (Lipinski definition) is 34. The number of esters is 2. The van der Waals surface area contributed by atoms with E-state index in [9.17, 15) is 24.3 Å². The predicted molar refractivity (Wildman–Crippen MR) is 428 cm³/mol. The molecule has 0 spiro atoms. The average Bonchev–Trinajstić information content (AvgIpc) is 0.854. The van der Waals surface area contributed by atoms with E-state index in [2.05, 4.69) is 98.0 Å². The molecule has 0 saturated heterocycles. The van der Waals surface area contributed by atoms with Crippen LogP contribution in [-0.2, 0) is 69.7 Å². The van der Waals surface area contributed by atoms with Gasteiger partial charge < -0.3 is 103 Å². The average molecular weight is 1970 g/mol. The molecule has 0 fully saturated rings. The van der Waals surface area contributed by atoms with Crippen molar-refractivity contribution in [1.29, 1.82) is 5.26 Å². The molecule has 0 atom stereocenters. The van der Waals surface area contributed by atoms with Crippen LogP contribution in [0.1, 0.15) is 128 Å². The molecule has 0 radical (unpaired) electrons. The van der Waals surface area contributed by atoms with E-state index in [0.29, 0.717) is 58.9 Å². The third-order valence-electron chi connectivity index (χ3n) is 8.54. The standard InChI is InChI=1S/C12H15N3O3.C12H19N3O3.C10H18O5.C6H6N4O.C5H3ClN4.C4H2Cl2N2.C4H3ClIN3.C4H4ClN3.C4H9O.CN.CH4O.CH4.ClI.Cu.K/c1-12(2,3)18-9(16)6-8-7-14-10(13-4)11(15-8)17-5;1-12(2,3)18-10(16)5-8-7-14-9(6-13)11(15-8)17-4;1-9(2,3)14-7(11)13-8(12)15-10(4,5)6;1-8-5-6(11-2)10-4(7)3-9-5;1-8-5-4(6)10-3(7)2-9-5;5-3-1-7-2-4(6)8-3;5-3-4(6)8-1-2(7)9-3;5-3-1-7-2-4(6)8-3;1-4(2,3)5;2*1-2;;1-2;;/h7H,6H2,1-3,5H3;7H,5-6,13H2,1-4H3;1-6H3;3H,2H3,(H2,7,10);2H,(H2,7,10);1-2H;1H,(H2,7,9);1-2H,(H2,6,8);1-3H3;;2H,1H3;1H4;;;/q;;;;;;;;2*-1;;;;2*+1. The van der Waals surface area contributed by atoms with Crippen LogP contribution in [0, 0.1) is 35.3 Å². The molecule has 0 aliphatic carbocycles. The molecular formula is C64H87Cl6CuI2KN23O14. The second kappa shape index (κ2) is 64.4. The maximum atomic E-state index is 11.6. The number of aliphatic hydroxyl groups is 1. The first-order chi connectivity index (χ1) is 50.0. The first kappa shape index (κ1) is 120. The van der Waals surface area contributed by atoms with Crippen molar-refractivity contribution >= 4 is 176 Å². The van der Waals surface area contributed by atoms with Gasteiger partial charge in [0.2, 0.25) is 17.6 Å². The van der Waals surface area contributed by atoms with Crippen molar-refractivity contribution in [3.05, 3.63) is 143 Å². The minimum absolute atomic E-state index is 0. The normalized spacial score (nSPS) is 9.56. The van der Waals surface area contributed by atoms with E-state index in [0.717, 1.165) is 7.11 Å². The van der Waals surface area contributed by atoms with Crippen molar-refractivity contribution in [2.45, 2.75) is 159 Å². The van der Waals surface area contributed by atoms with Crippen LogP contribution in [0.25, 0.3) is 14.5 Å². The minimum atomic E-state index is -1.06. The molecule has 0 bridgehead atoms. The van der Waals surface area contributed by atoms with Crippen LogP contribution in [0.2, 0.25) is 25.8 Å². The molecule has 0 amide bonds. The largest absolute Gasteiger partial charge is 1.00 e. The summed E-state index contributed by atoms with van der Waals surface area (Å²) in [5.74, 6) is 1.32. The van der Waals surface area contributed by atoms with Gasteiger partial charge in [-0.15, -0.1) is 20.6 Å². The summed E-state index contributed by atoms with van der Waals surface area (Å²) in [6, 6.07) is 0. The van der Waals surface area contributed by atoms with Crippen molar-refractivity contribution in [1.82, 2.24) is 69.8 Å². The number of halogens is 8. The van der Waals surface area contributed by atoms with Gasteiger partial charge in [-0.25, -0.2) is 49.5 Å². The molecule has 0 aliphatic heterocycles. The molecule has 0 aliphatic rings. The predicted octanol–water partition coefficient (Wildman–Crippen LogP) is 10.4. The molecule has 111 heavy (non-hydrogen) atoms. The van der Waals surface area contributed by atoms with E-state index < -0.39 is 46.3 Å². The Bertz CT molecular complexity index is 3910. The van der Waals surface area contributed by atoms with Crippen molar-refractivity contribution in [2.24, 2.45) is 5.73 Å². The number of rotatable bonds is 8. The number of hydrogen-bond donors (Lipinski definition) is 6. The van der Waals surface area contributed by atoms with Gasteiger partial charge >= 0.3 is 110 Å². The monoisotopic (exact) mass is 1970 g/mol. The molecule has 0 unspecified atom stereocenters. The molecule has 0 saturated carbocycles. The molecule has 7 rings (SSSR count). The summed E-state index contributed by atoms with van der Waals surface area (Å²) in [6.07, 6.45) is 10.6. The quantitative estimate of drug-likeness (QED) is 0.0206. The summed E-state index contributed by atoms with van der Waals surface area (Å²) >= 11 is 30.8. The molecule has 610 valence electrons. The van der Waals surface area contributed by atoms with Crippen LogP contribution < -0.4 is 99.4 Å². The zero-order valence-corrected chi connectivity index (χ0v) is 76.2. The Balaban J connectivity index is -0.000000180. The molecule has 7 aromatic rings.